The summed E-state index contributed by atoms with van der Waals surface area (Å²) < 4.78 is 0. The quantitative estimate of drug-likeness (QED) is 0.866. The van der Waals surface area contributed by atoms with Gasteiger partial charge in [0.05, 0.1) is 6.04 Å². The van der Waals surface area contributed by atoms with Gasteiger partial charge in [-0.1, -0.05) is 24.6 Å². The molecule has 2 rings (SSSR count). The molecule has 1 aromatic rings. The highest BCUT2D eigenvalue weighted by atomic mass is 16.1. The van der Waals surface area contributed by atoms with Crippen LogP contribution in [0.1, 0.15) is 36.0 Å². The molecule has 2 heteroatoms. The molecule has 0 amide bonds. The van der Waals surface area contributed by atoms with E-state index in [1.54, 1.807) is 0 Å². The van der Waals surface area contributed by atoms with Crippen LogP contribution in [0.5, 0.6) is 0 Å². The fourth-order valence-electron chi connectivity index (χ4n) is 2.55. The lowest BCUT2D eigenvalue weighted by Crippen LogP contribution is -2.41. The number of piperidine rings is 1. The molecule has 1 aliphatic rings. The predicted molar refractivity (Wildman–Crippen MR) is 70.3 cm³/mol. The topological polar surface area (TPSA) is 29.1 Å². The van der Waals surface area contributed by atoms with Crippen LogP contribution in [0, 0.1) is 13.8 Å². The number of benzene rings is 1. The van der Waals surface area contributed by atoms with Gasteiger partial charge in [0.1, 0.15) is 0 Å². The van der Waals surface area contributed by atoms with E-state index in [-0.39, 0.29) is 6.04 Å². The molecule has 0 aliphatic carbocycles. The van der Waals surface area contributed by atoms with E-state index in [0.29, 0.717) is 12.2 Å². The molecular weight excluding hydrogens is 210 g/mol. The van der Waals surface area contributed by atoms with Crippen molar-refractivity contribution in [2.45, 2.75) is 45.6 Å². The molecule has 92 valence electrons. The van der Waals surface area contributed by atoms with Crippen LogP contribution in [-0.4, -0.2) is 18.4 Å². The first kappa shape index (κ1) is 12.3. The summed E-state index contributed by atoms with van der Waals surface area (Å²) in [5.74, 6) is 0.349. The molecule has 1 heterocycles. The SMILES string of the molecule is Cc1cccc(C)c1CC(=O)C1CCCCN1. The lowest BCUT2D eigenvalue weighted by molar-refractivity contribution is -0.120. The third-order valence-corrected chi connectivity index (χ3v) is 3.69. The summed E-state index contributed by atoms with van der Waals surface area (Å²) >= 11 is 0. The Morgan fingerprint density at radius 2 is 2.00 bits per heavy atom. The number of aryl methyl sites for hydroxylation is 2. The molecule has 0 saturated carbocycles. The Labute approximate surface area is 103 Å². The largest absolute Gasteiger partial charge is 0.307 e. The summed E-state index contributed by atoms with van der Waals surface area (Å²) in [5.41, 5.74) is 3.67. The monoisotopic (exact) mass is 231 g/mol. The van der Waals surface area contributed by atoms with E-state index in [1.165, 1.54) is 29.5 Å². The Hall–Kier alpha value is -1.15. The Bertz CT molecular complexity index is 385. The maximum atomic E-state index is 12.2. The smallest absolute Gasteiger partial charge is 0.154 e. The standard InChI is InChI=1S/C15H21NO/c1-11-6-5-7-12(2)13(11)10-15(17)14-8-3-4-9-16-14/h5-7,14,16H,3-4,8-10H2,1-2H3. The van der Waals surface area contributed by atoms with Gasteiger partial charge < -0.3 is 5.32 Å². The van der Waals surface area contributed by atoms with Crippen LogP contribution in [-0.2, 0) is 11.2 Å². The molecule has 1 atom stereocenters. The van der Waals surface area contributed by atoms with Crippen LogP contribution in [0.25, 0.3) is 0 Å². The van der Waals surface area contributed by atoms with Gasteiger partial charge >= 0.3 is 0 Å². The van der Waals surface area contributed by atoms with Crippen molar-refractivity contribution in [2.24, 2.45) is 0 Å². The fourth-order valence-corrected chi connectivity index (χ4v) is 2.55. The second-order valence-electron chi connectivity index (χ2n) is 5.02. The third kappa shape index (κ3) is 2.95. The zero-order valence-electron chi connectivity index (χ0n) is 10.8. The van der Waals surface area contributed by atoms with Crippen LogP contribution in [0.4, 0.5) is 0 Å². The Morgan fingerprint density at radius 1 is 1.29 bits per heavy atom. The highest BCUT2D eigenvalue weighted by Gasteiger charge is 2.21. The number of rotatable bonds is 3. The minimum Gasteiger partial charge on any atom is -0.307 e. The van der Waals surface area contributed by atoms with Crippen molar-refractivity contribution in [2.75, 3.05) is 6.54 Å². The van der Waals surface area contributed by atoms with E-state index < -0.39 is 0 Å². The normalized spacial score (nSPS) is 20.2. The van der Waals surface area contributed by atoms with Crippen LogP contribution in [0.15, 0.2) is 18.2 Å². The highest BCUT2D eigenvalue weighted by molar-refractivity contribution is 5.86. The lowest BCUT2D eigenvalue weighted by Gasteiger charge is -2.22. The molecule has 17 heavy (non-hydrogen) atoms. The minimum absolute atomic E-state index is 0.0859. The lowest BCUT2D eigenvalue weighted by atomic mass is 9.92. The number of nitrogens with one attached hydrogen (secondary N) is 1. The van der Waals surface area contributed by atoms with Crippen molar-refractivity contribution in [1.29, 1.82) is 0 Å². The van der Waals surface area contributed by atoms with Crippen molar-refractivity contribution in [1.82, 2.24) is 5.32 Å². The first-order valence-electron chi connectivity index (χ1n) is 6.49. The van der Waals surface area contributed by atoms with Crippen LogP contribution >= 0.6 is 0 Å². The Balaban J connectivity index is 2.07. The second kappa shape index (κ2) is 5.46. The van der Waals surface area contributed by atoms with Crippen molar-refractivity contribution in [3.63, 3.8) is 0 Å². The maximum Gasteiger partial charge on any atom is 0.154 e. The van der Waals surface area contributed by atoms with Crippen molar-refractivity contribution in [3.8, 4) is 0 Å². The van der Waals surface area contributed by atoms with Crippen LogP contribution < -0.4 is 5.32 Å². The summed E-state index contributed by atoms with van der Waals surface area (Å²) in [6.07, 6.45) is 3.96. The molecule has 1 fully saturated rings. The van der Waals surface area contributed by atoms with Crippen molar-refractivity contribution < 1.29 is 4.79 Å². The van der Waals surface area contributed by atoms with Crippen LogP contribution in [0.2, 0.25) is 0 Å². The van der Waals surface area contributed by atoms with E-state index in [2.05, 4.69) is 37.4 Å². The molecule has 1 aromatic carbocycles. The Kier molecular flexibility index (Phi) is 3.95. The van der Waals surface area contributed by atoms with Gasteiger partial charge in [0.15, 0.2) is 5.78 Å². The molecule has 1 aliphatic heterocycles. The summed E-state index contributed by atoms with van der Waals surface area (Å²) in [6, 6.07) is 6.31. The Morgan fingerprint density at radius 3 is 2.59 bits per heavy atom. The number of carbonyl (C=O) groups excluding carboxylic acids is 1. The van der Waals surface area contributed by atoms with E-state index in [4.69, 9.17) is 0 Å². The average Bonchev–Trinajstić information content (AvgIpc) is 2.35. The van der Waals surface area contributed by atoms with Gasteiger partial charge in [0.2, 0.25) is 0 Å². The van der Waals surface area contributed by atoms with Gasteiger partial charge in [0.25, 0.3) is 0 Å². The summed E-state index contributed by atoms with van der Waals surface area (Å²) in [4.78, 5) is 12.2. The fraction of sp³-hybridized carbons (Fsp3) is 0.533. The molecule has 1 saturated heterocycles. The first-order chi connectivity index (χ1) is 8.18. The molecule has 0 radical (unpaired) electrons. The molecule has 2 nitrogen and oxygen atoms in total. The van der Waals surface area contributed by atoms with E-state index in [1.807, 2.05) is 0 Å². The van der Waals surface area contributed by atoms with E-state index in [9.17, 15) is 4.79 Å². The minimum atomic E-state index is 0.0859. The van der Waals surface area contributed by atoms with Gasteiger partial charge in [0, 0.05) is 6.42 Å². The first-order valence-corrected chi connectivity index (χ1v) is 6.49. The van der Waals surface area contributed by atoms with Gasteiger partial charge in [-0.15, -0.1) is 0 Å². The van der Waals surface area contributed by atoms with E-state index in [0.717, 1.165) is 13.0 Å². The van der Waals surface area contributed by atoms with Crippen molar-refractivity contribution in [3.05, 3.63) is 34.9 Å². The van der Waals surface area contributed by atoms with E-state index >= 15 is 0 Å². The number of ketones is 1. The summed E-state index contributed by atoms with van der Waals surface area (Å²) in [7, 11) is 0. The highest BCUT2D eigenvalue weighted by Crippen LogP contribution is 2.17. The summed E-state index contributed by atoms with van der Waals surface area (Å²) in [5, 5.41) is 3.33. The number of hydrogen-bond donors (Lipinski definition) is 1. The number of carbonyl (C=O) groups is 1. The molecular formula is C15H21NO. The number of Topliss-reactive ketones (excluding diaryl/α,β-unsaturated/α-hetero) is 1. The van der Waals surface area contributed by atoms with Crippen molar-refractivity contribution >= 4 is 5.78 Å². The average molecular weight is 231 g/mol. The van der Waals surface area contributed by atoms with Gasteiger partial charge in [-0.05, 0) is 49.9 Å². The molecule has 0 bridgehead atoms. The van der Waals surface area contributed by atoms with Crippen LogP contribution in [0.3, 0.4) is 0 Å². The van der Waals surface area contributed by atoms with Gasteiger partial charge in [-0.3, -0.25) is 4.79 Å². The molecule has 0 spiro atoms. The zero-order valence-corrected chi connectivity index (χ0v) is 10.8. The molecule has 0 aromatic heterocycles. The van der Waals surface area contributed by atoms with Gasteiger partial charge in [-0.2, -0.15) is 0 Å². The summed E-state index contributed by atoms with van der Waals surface area (Å²) in [6.45, 7) is 5.16. The number of hydrogen-bond acceptors (Lipinski definition) is 2. The molecule has 1 unspecified atom stereocenters. The predicted octanol–water partition coefficient (Wildman–Crippen LogP) is 2.56. The third-order valence-electron chi connectivity index (χ3n) is 3.69. The second-order valence-corrected chi connectivity index (χ2v) is 5.02. The maximum absolute atomic E-state index is 12.2. The zero-order chi connectivity index (χ0) is 12.3. The molecule has 1 N–H and O–H groups in total. The van der Waals surface area contributed by atoms with Gasteiger partial charge in [-0.25, -0.2) is 0 Å².